The molecule has 2 unspecified atom stereocenters. The molecule has 2 atom stereocenters. The third kappa shape index (κ3) is 3.19. The van der Waals surface area contributed by atoms with Crippen molar-refractivity contribution in [2.75, 3.05) is 19.8 Å². The summed E-state index contributed by atoms with van der Waals surface area (Å²) < 4.78 is 5.58. The number of nitrogens with zero attached hydrogens (tertiary/aromatic N) is 1. The van der Waals surface area contributed by atoms with Crippen LogP contribution in [0.4, 0.5) is 0 Å². The van der Waals surface area contributed by atoms with Gasteiger partial charge in [-0.1, -0.05) is 44.2 Å². The van der Waals surface area contributed by atoms with E-state index in [1.165, 1.54) is 0 Å². The predicted octanol–water partition coefficient (Wildman–Crippen LogP) is 2.18. The minimum Gasteiger partial charge on any atom is -0.380 e. The van der Waals surface area contributed by atoms with Gasteiger partial charge < -0.3 is 9.64 Å². The number of carbonyl (C=O) groups is 1. The molecule has 2 rings (SSSR count). The lowest BCUT2D eigenvalue weighted by Gasteiger charge is -2.35. The Balaban J connectivity index is 2.22. The van der Waals surface area contributed by atoms with Crippen LogP contribution >= 0.6 is 0 Å². The Morgan fingerprint density at radius 1 is 1.35 bits per heavy atom. The molecule has 110 valence electrons. The van der Waals surface area contributed by atoms with Crippen molar-refractivity contribution >= 4 is 5.91 Å². The van der Waals surface area contributed by atoms with Gasteiger partial charge in [0.05, 0.1) is 19.2 Å². The molecule has 1 N–H and O–H groups in total. The highest BCUT2D eigenvalue weighted by Crippen LogP contribution is 2.27. The van der Waals surface area contributed by atoms with Gasteiger partial charge >= 0.3 is 0 Å². The molecular weight excluding hydrogens is 252 g/mol. The number of carbonyl (C=O) groups excluding carboxylic acids is 1. The monoisotopic (exact) mass is 276 g/mol. The number of ether oxygens (including phenoxy) is 1. The fourth-order valence-electron chi connectivity index (χ4n) is 2.64. The van der Waals surface area contributed by atoms with Crippen LogP contribution in [0, 0.1) is 5.92 Å². The van der Waals surface area contributed by atoms with Crippen molar-refractivity contribution in [2.45, 2.75) is 33.0 Å². The van der Waals surface area contributed by atoms with Crippen molar-refractivity contribution in [2.24, 2.45) is 5.92 Å². The van der Waals surface area contributed by atoms with Crippen LogP contribution in [0.1, 0.15) is 32.5 Å². The van der Waals surface area contributed by atoms with Crippen molar-refractivity contribution < 1.29 is 9.53 Å². The summed E-state index contributed by atoms with van der Waals surface area (Å²) in [6.07, 6.45) is -0.0449. The van der Waals surface area contributed by atoms with E-state index in [0.717, 1.165) is 5.56 Å². The fourth-order valence-corrected chi connectivity index (χ4v) is 2.64. The van der Waals surface area contributed by atoms with E-state index in [4.69, 9.17) is 4.74 Å². The highest BCUT2D eigenvalue weighted by Gasteiger charge is 2.37. The molecule has 1 amide bonds. The second-order valence-electron chi connectivity index (χ2n) is 5.47. The van der Waals surface area contributed by atoms with Crippen LogP contribution in [0.3, 0.4) is 0 Å². The topological polar surface area (TPSA) is 41.6 Å². The maximum Gasteiger partial charge on any atom is 0.238 e. The van der Waals surface area contributed by atoms with E-state index in [2.05, 4.69) is 31.3 Å². The summed E-state index contributed by atoms with van der Waals surface area (Å²) in [6, 6.07) is 10.2. The van der Waals surface area contributed by atoms with Gasteiger partial charge in [-0.05, 0) is 18.4 Å². The summed E-state index contributed by atoms with van der Waals surface area (Å²) in [4.78, 5) is 14.2. The molecule has 1 heterocycles. The Morgan fingerprint density at radius 2 is 2.05 bits per heavy atom. The SMILES string of the molecule is CCOCC(C(C)C)N1C(=O)CNC1c1ccccc1. The van der Waals surface area contributed by atoms with E-state index in [1.54, 1.807) is 0 Å². The van der Waals surface area contributed by atoms with E-state index in [-0.39, 0.29) is 18.1 Å². The third-order valence-electron chi connectivity index (χ3n) is 3.75. The van der Waals surface area contributed by atoms with Gasteiger partial charge in [0.1, 0.15) is 6.17 Å². The lowest BCUT2D eigenvalue weighted by atomic mass is 10.0. The molecule has 0 radical (unpaired) electrons. The molecule has 0 aromatic heterocycles. The molecule has 4 heteroatoms. The summed E-state index contributed by atoms with van der Waals surface area (Å²) in [5, 5.41) is 3.31. The Kier molecular flexibility index (Phi) is 5.15. The molecule has 1 aliphatic heterocycles. The van der Waals surface area contributed by atoms with Gasteiger partial charge in [0.15, 0.2) is 0 Å². The number of amides is 1. The maximum absolute atomic E-state index is 12.3. The van der Waals surface area contributed by atoms with Gasteiger partial charge in [0, 0.05) is 6.61 Å². The number of hydrogen-bond donors (Lipinski definition) is 1. The van der Waals surface area contributed by atoms with Crippen LogP contribution in [-0.2, 0) is 9.53 Å². The van der Waals surface area contributed by atoms with Crippen molar-refractivity contribution in [3.63, 3.8) is 0 Å². The Labute approximate surface area is 121 Å². The first-order valence-electron chi connectivity index (χ1n) is 7.32. The van der Waals surface area contributed by atoms with Crippen molar-refractivity contribution in [1.82, 2.24) is 10.2 Å². The fraction of sp³-hybridized carbons (Fsp3) is 0.562. The van der Waals surface area contributed by atoms with Gasteiger partial charge in [0.2, 0.25) is 5.91 Å². The molecule has 1 aromatic carbocycles. The quantitative estimate of drug-likeness (QED) is 0.866. The molecule has 1 fully saturated rings. The molecule has 0 bridgehead atoms. The first kappa shape index (κ1) is 15.0. The van der Waals surface area contributed by atoms with Crippen molar-refractivity contribution in [1.29, 1.82) is 0 Å². The van der Waals surface area contributed by atoms with Gasteiger partial charge in [-0.25, -0.2) is 0 Å². The van der Waals surface area contributed by atoms with Crippen LogP contribution < -0.4 is 5.32 Å². The van der Waals surface area contributed by atoms with Crippen LogP contribution in [0.25, 0.3) is 0 Å². The lowest BCUT2D eigenvalue weighted by Crippen LogP contribution is -2.45. The smallest absolute Gasteiger partial charge is 0.238 e. The first-order chi connectivity index (χ1) is 9.65. The molecular formula is C16H24N2O2. The average Bonchev–Trinajstić information content (AvgIpc) is 2.82. The zero-order valence-corrected chi connectivity index (χ0v) is 12.5. The largest absolute Gasteiger partial charge is 0.380 e. The standard InChI is InChI=1S/C16H24N2O2/c1-4-20-11-14(12(2)3)18-15(19)10-17-16(18)13-8-6-5-7-9-13/h5-9,12,14,16-17H,4,10-11H2,1-3H3. The maximum atomic E-state index is 12.3. The van der Waals surface area contributed by atoms with Gasteiger partial charge in [0.25, 0.3) is 0 Å². The summed E-state index contributed by atoms with van der Waals surface area (Å²) in [6.45, 7) is 7.92. The zero-order chi connectivity index (χ0) is 14.5. The van der Waals surface area contributed by atoms with E-state index in [1.807, 2.05) is 30.0 Å². The van der Waals surface area contributed by atoms with Crippen LogP contribution in [0.15, 0.2) is 30.3 Å². The number of hydrogen-bond acceptors (Lipinski definition) is 3. The van der Waals surface area contributed by atoms with Gasteiger partial charge in [-0.2, -0.15) is 0 Å². The van der Waals surface area contributed by atoms with E-state index in [9.17, 15) is 4.79 Å². The third-order valence-corrected chi connectivity index (χ3v) is 3.75. The second-order valence-corrected chi connectivity index (χ2v) is 5.47. The first-order valence-corrected chi connectivity index (χ1v) is 7.32. The predicted molar refractivity (Wildman–Crippen MR) is 79.2 cm³/mol. The van der Waals surface area contributed by atoms with E-state index in [0.29, 0.717) is 25.7 Å². The van der Waals surface area contributed by atoms with E-state index >= 15 is 0 Å². The second kappa shape index (κ2) is 6.86. The highest BCUT2D eigenvalue weighted by atomic mass is 16.5. The van der Waals surface area contributed by atoms with Crippen molar-refractivity contribution in [3.05, 3.63) is 35.9 Å². The number of nitrogens with one attached hydrogen (secondary N) is 1. The van der Waals surface area contributed by atoms with Crippen LogP contribution in [-0.4, -0.2) is 36.6 Å². The molecule has 4 nitrogen and oxygen atoms in total. The number of rotatable bonds is 6. The zero-order valence-electron chi connectivity index (χ0n) is 12.5. The molecule has 1 aromatic rings. The van der Waals surface area contributed by atoms with Crippen LogP contribution in [0.2, 0.25) is 0 Å². The minimum atomic E-state index is -0.0449. The summed E-state index contributed by atoms with van der Waals surface area (Å²) >= 11 is 0. The highest BCUT2D eigenvalue weighted by molar-refractivity contribution is 5.81. The Bertz CT molecular complexity index is 433. The summed E-state index contributed by atoms with van der Waals surface area (Å²) in [7, 11) is 0. The normalized spacial score (nSPS) is 20.7. The molecule has 0 spiro atoms. The minimum absolute atomic E-state index is 0.0449. The van der Waals surface area contributed by atoms with Crippen molar-refractivity contribution in [3.8, 4) is 0 Å². The van der Waals surface area contributed by atoms with Crippen LogP contribution in [0.5, 0.6) is 0 Å². The lowest BCUT2D eigenvalue weighted by molar-refractivity contribution is -0.133. The summed E-state index contributed by atoms with van der Waals surface area (Å²) in [5.41, 5.74) is 1.13. The molecule has 20 heavy (non-hydrogen) atoms. The average molecular weight is 276 g/mol. The molecule has 1 saturated heterocycles. The number of benzene rings is 1. The Morgan fingerprint density at radius 3 is 2.65 bits per heavy atom. The van der Waals surface area contributed by atoms with Gasteiger partial charge in [-0.15, -0.1) is 0 Å². The van der Waals surface area contributed by atoms with Gasteiger partial charge in [-0.3, -0.25) is 10.1 Å². The molecule has 0 aliphatic carbocycles. The molecule has 0 saturated carbocycles. The Hall–Kier alpha value is -1.39. The summed E-state index contributed by atoms with van der Waals surface area (Å²) in [5.74, 6) is 0.508. The van der Waals surface area contributed by atoms with E-state index < -0.39 is 0 Å². The molecule has 1 aliphatic rings.